The molecule has 4 nitrogen and oxygen atoms in total. The molecule has 2 heterocycles. The summed E-state index contributed by atoms with van der Waals surface area (Å²) < 4.78 is 24.0. The van der Waals surface area contributed by atoms with Crippen molar-refractivity contribution < 1.29 is 8.42 Å². The van der Waals surface area contributed by atoms with E-state index in [-0.39, 0.29) is 0 Å². The molecule has 1 N–H and O–H groups in total. The van der Waals surface area contributed by atoms with Crippen LogP contribution in [0.3, 0.4) is 0 Å². The molecule has 1 unspecified atom stereocenters. The minimum atomic E-state index is -2.82. The Morgan fingerprint density at radius 2 is 2.31 bits per heavy atom. The zero-order valence-corrected chi connectivity index (χ0v) is 8.52. The second-order valence-electron chi connectivity index (χ2n) is 3.89. The van der Waals surface area contributed by atoms with E-state index in [1.165, 1.54) is 12.8 Å². The fourth-order valence-electron chi connectivity index (χ4n) is 1.94. The van der Waals surface area contributed by atoms with Crippen LogP contribution in [0.25, 0.3) is 0 Å². The summed E-state index contributed by atoms with van der Waals surface area (Å²) in [6.45, 7) is 3.53. The van der Waals surface area contributed by atoms with Gasteiger partial charge in [-0.1, -0.05) is 0 Å². The van der Waals surface area contributed by atoms with Gasteiger partial charge in [0.15, 0.2) is 0 Å². The van der Waals surface area contributed by atoms with E-state index >= 15 is 0 Å². The highest BCUT2D eigenvalue weighted by atomic mass is 32.2. The fourth-order valence-corrected chi connectivity index (χ4v) is 3.12. The average Bonchev–Trinajstić information content (AvgIpc) is 2.15. The first kappa shape index (κ1) is 9.43. The molecule has 2 rings (SSSR count). The van der Waals surface area contributed by atoms with Gasteiger partial charge < -0.3 is 5.32 Å². The van der Waals surface area contributed by atoms with Crippen LogP contribution in [-0.2, 0) is 10.0 Å². The molecule has 2 saturated heterocycles. The maximum atomic E-state index is 11.2. The largest absolute Gasteiger partial charge is 0.316 e. The van der Waals surface area contributed by atoms with Gasteiger partial charge in [-0.25, -0.2) is 12.7 Å². The normalized spacial score (nSPS) is 34.0. The number of piperidine rings is 1. The first-order chi connectivity index (χ1) is 6.18. The molecule has 2 aliphatic heterocycles. The summed E-state index contributed by atoms with van der Waals surface area (Å²) in [5.41, 5.74) is 0. The van der Waals surface area contributed by atoms with Crippen molar-refractivity contribution in [1.82, 2.24) is 9.62 Å². The summed E-state index contributed by atoms with van der Waals surface area (Å²) in [5, 5.41) is 3.29. The van der Waals surface area contributed by atoms with E-state index < -0.39 is 10.0 Å². The Kier molecular flexibility index (Phi) is 2.58. The van der Waals surface area contributed by atoms with Gasteiger partial charge in [0.2, 0.25) is 10.0 Å². The third kappa shape index (κ3) is 2.03. The Morgan fingerprint density at radius 3 is 2.77 bits per heavy atom. The lowest BCUT2D eigenvalue weighted by atomic mass is 10.00. The molecule has 0 aromatic heterocycles. The van der Waals surface area contributed by atoms with E-state index in [0.29, 0.717) is 11.7 Å². The van der Waals surface area contributed by atoms with E-state index in [9.17, 15) is 8.42 Å². The summed E-state index contributed by atoms with van der Waals surface area (Å²) in [6.07, 6.45) is 2.34. The smallest absolute Gasteiger partial charge is 0.215 e. The zero-order chi connectivity index (χ0) is 9.31. The second kappa shape index (κ2) is 3.55. The maximum Gasteiger partial charge on any atom is 0.215 e. The van der Waals surface area contributed by atoms with Gasteiger partial charge in [0.25, 0.3) is 0 Å². The van der Waals surface area contributed by atoms with Crippen LogP contribution in [0, 0.1) is 5.92 Å². The van der Waals surface area contributed by atoms with Crippen molar-refractivity contribution in [3.8, 4) is 0 Å². The van der Waals surface area contributed by atoms with Crippen molar-refractivity contribution in [3.05, 3.63) is 0 Å². The summed E-state index contributed by atoms with van der Waals surface area (Å²) in [4.78, 5) is 0. The Hall–Kier alpha value is -0.130. The van der Waals surface area contributed by atoms with Gasteiger partial charge in [-0.3, -0.25) is 0 Å². The minimum Gasteiger partial charge on any atom is -0.316 e. The lowest BCUT2D eigenvalue weighted by molar-refractivity contribution is 0.280. The highest BCUT2D eigenvalue weighted by Crippen LogP contribution is 2.18. The number of rotatable bonds is 2. The van der Waals surface area contributed by atoms with Crippen LogP contribution < -0.4 is 5.32 Å². The predicted octanol–water partition coefficient (Wildman–Crippen LogP) is -0.369. The highest BCUT2D eigenvalue weighted by molar-refractivity contribution is 7.90. The third-order valence-electron chi connectivity index (χ3n) is 2.85. The monoisotopic (exact) mass is 204 g/mol. The molecule has 0 bridgehead atoms. The Labute approximate surface area is 79.4 Å². The van der Waals surface area contributed by atoms with Gasteiger partial charge in [-0.05, 0) is 31.8 Å². The zero-order valence-electron chi connectivity index (χ0n) is 7.70. The predicted molar refractivity (Wildman–Crippen MR) is 51.0 cm³/mol. The van der Waals surface area contributed by atoms with E-state index in [0.717, 1.165) is 26.2 Å². The highest BCUT2D eigenvalue weighted by Gasteiger charge is 2.34. The molecule has 13 heavy (non-hydrogen) atoms. The molecule has 0 saturated carbocycles. The van der Waals surface area contributed by atoms with E-state index in [1.54, 1.807) is 4.31 Å². The first-order valence-electron chi connectivity index (χ1n) is 4.87. The summed E-state index contributed by atoms with van der Waals surface area (Å²) in [6, 6.07) is 0. The lowest BCUT2D eigenvalue weighted by Gasteiger charge is -2.34. The van der Waals surface area contributed by atoms with Crippen LogP contribution in [0.1, 0.15) is 12.8 Å². The van der Waals surface area contributed by atoms with Crippen molar-refractivity contribution in [1.29, 1.82) is 0 Å². The van der Waals surface area contributed by atoms with Gasteiger partial charge in [0.1, 0.15) is 0 Å². The molecule has 0 radical (unpaired) electrons. The second-order valence-corrected chi connectivity index (χ2v) is 5.97. The SMILES string of the molecule is O=S1(=O)CCN1CC1CCCNC1. The number of hydrogen-bond acceptors (Lipinski definition) is 3. The lowest BCUT2D eigenvalue weighted by Crippen LogP contribution is -2.51. The van der Waals surface area contributed by atoms with Crippen molar-refractivity contribution in [2.75, 3.05) is 31.9 Å². The van der Waals surface area contributed by atoms with Crippen LogP contribution in [0.15, 0.2) is 0 Å². The van der Waals surface area contributed by atoms with Crippen LogP contribution in [0.4, 0.5) is 0 Å². The number of sulfonamides is 1. The molecule has 2 fully saturated rings. The molecule has 2 aliphatic rings. The molecule has 1 atom stereocenters. The molecule has 0 aromatic carbocycles. The van der Waals surface area contributed by atoms with Gasteiger partial charge in [-0.15, -0.1) is 0 Å². The van der Waals surface area contributed by atoms with Crippen molar-refractivity contribution in [3.63, 3.8) is 0 Å². The molecule has 0 aromatic rings. The van der Waals surface area contributed by atoms with Crippen LogP contribution in [0.2, 0.25) is 0 Å². The average molecular weight is 204 g/mol. The van der Waals surface area contributed by atoms with Crippen molar-refractivity contribution >= 4 is 10.0 Å². The van der Waals surface area contributed by atoms with Gasteiger partial charge >= 0.3 is 0 Å². The molecule has 5 heteroatoms. The van der Waals surface area contributed by atoms with Gasteiger partial charge in [0.05, 0.1) is 5.75 Å². The van der Waals surface area contributed by atoms with Crippen molar-refractivity contribution in [2.24, 2.45) is 5.92 Å². The molecule has 0 amide bonds. The van der Waals surface area contributed by atoms with E-state index in [4.69, 9.17) is 0 Å². The van der Waals surface area contributed by atoms with Crippen LogP contribution in [0.5, 0.6) is 0 Å². The molecule has 0 spiro atoms. The molecule has 0 aliphatic carbocycles. The molecular weight excluding hydrogens is 188 g/mol. The topological polar surface area (TPSA) is 49.4 Å². The van der Waals surface area contributed by atoms with E-state index in [2.05, 4.69) is 5.32 Å². The fraction of sp³-hybridized carbons (Fsp3) is 1.00. The van der Waals surface area contributed by atoms with Crippen molar-refractivity contribution in [2.45, 2.75) is 12.8 Å². The van der Waals surface area contributed by atoms with E-state index in [1.807, 2.05) is 0 Å². The Bertz CT molecular complexity index is 270. The quantitative estimate of drug-likeness (QED) is 0.668. The standard InChI is InChI=1S/C8H16N2O2S/c11-13(12)5-4-10(13)7-8-2-1-3-9-6-8/h8-9H,1-7H2. The van der Waals surface area contributed by atoms with Gasteiger partial charge in [0, 0.05) is 13.1 Å². The number of nitrogens with one attached hydrogen (secondary N) is 1. The summed E-state index contributed by atoms with van der Waals surface area (Å²) >= 11 is 0. The molecule has 76 valence electrons. The van der Waals surface area contributed by atoms with Crippen LogP contribution >= 0.6 is 0 Å². The third-order valence-corrected chi connectivity index (χ3v) is 4.67. The summed E-state index contributed by atoms with van der Waals surface area (Å²) in [5.74, 6) is 0.886. The number of nitrogens with zero attached hydrogens (tertiary/aromatic N) is 1. The first-order valence-corrected chi connectivity index (χ1v) is 6.48. The minimum absolute atomic E-state index is 0.354. The number of hydrogen-bond donors (Lipinski definition) is 1. The van der Waals surface area contributed by atoms with Gasteiger partial charge in [-0.2, -0.15) is 0 Å². The summed E-state index contributed by atoms with van der Waals surface area (Å²) in [7, 11) is -2.82. The Morgan fingerprint density at radius 1 is 1.46 bits per heavy atom. The maximum absolute atomic E-state index is 11.2. The molecular formula is C8H16N2O2S. The Balaban J connectivity index is 1.84. The van der Waals surface area contributed by atoms with Crippen LogP contribution in [-0.4, -0.2) is 44.7 Å².